The molecule has 3 rings (SSSR count). The molecular weight excluding hydrogens is 325 g/mol. The van der Waals surface area contributed by atoms with Crippen LogP contribution in [-0.2, 0) is 4.79 Å². The highest BCUT2D eigenvalue weighted by Gasteiger charge is 2.28. The molecule has 0 bridgehead atoms. The molecule has 25 heavy (non-hydrogen) atoms. The number of hydrogen-bond donors (Lipinski definition) is 1. The van der Waals surface area contributed by atoms with E-state index in [1.807, 2.05) is 0 Å². The fraction of sp³-hybridized carbons (Fsp3) is 0.278. The minimum absolute atomic E-state index is 0.134. The zero-order chi connectivity index (χ0) is 17.8. The van der Waals surface area contributed by atoms with Crippen LogP contribution in [0.1, 0.15) is 23.7 Å². The number of hydrogen-bond acceptors (Lipinski definition) is 4. The molecule has 1 fully saturated rings. The van der Waals surface area contributed by atoms with Gasteiger partial charge in [-0.25, -0.2) is 0 Å². The molecule has 2 amide bonds. The Morgan fingerprint density at radius 2 is 2.08 bits per heavy atom. The van der Waals surface area contributed by atoms with Crippen LogP contribution in [0.3, 0.4) is 0 Å². The number of benzene rings is 1. The quantitative estimate of drug-likeness (QED) is 0.866. The number of amides is 2. The summed E-state index contributed by atoms with van der Waals surface area (Å²) < 4.78 is 18.8. The van der Waals surface area contributed by atoms with Gasteiger partial charge in [0.25, 0.3) is 5.91 Å². The Labute approximate surface area is 144 Å². The summed E-state index contributed by atoms with van der Waals surface area (Å²) in [7, 11) is 0. The maximum Gasteiger partial charge on any atom is 0.254 e. The van der Waals surface area contributed by atoms with Gasteiger partial charge in [-0.1, -0.05) is 12.1 Å². The van der Waals surface area contributed by atoms with Crippen LogP contribution in [0.25, 0.3) is 0 Å². The maximum atomic E-state index is 13.1. The van der Waals surface area contributed by atoms with Crippen LogP contribution >= 0.6 is 0 Å². The number of rotatable bonds is 4. The van der Waals surface area contributed by atoms with Gasteiger partial charge < -0.3 is 15.0 Å². The first kappa shape index (κ1) is 16.9. The van der Waals surface area contributed by atoms with Crippen molar-refractivity contribution in [2.75, 3.05) is 18.4 Å². The Kier molecular flexibility index (Phi) is 4.92. The third-order valence-electron chi connectivity index (χ3n) is 3.84. The molecule has 1 unspecified atom stereocenters. The van der Waals surface area contributed by atoms with E-state index in [0.29, 0.717) is 30.8 Å². The van der Waals surface area contributed by atoms with Crippen LogP contribution in [0.5, 0.6) is 5.88 Å². The fourth-order valence-corrected chi connectivity index (χ4v) is 2.75. The van der Waals surface area contributed by atoms with Crippen molar-refractivity contribution in [3.8, 4) is 5.88 Å². The minimum Gasteiger partial charge on any atom is -0.472 e. The van der Waals surface area contributed by atoms with Crippen molar-refractivity contribution in [1.29, 1.82) is 0 Å². The third-order valence-corrected chi connectivity index (χ3v) is 3.84. The van der Waals surface area contributed by atoms with Crippen LogP contribution < -0.4 is 10.1 Å². The van der Waals surface area contributed by atoms with Gasteiger partial charge in [-0.3, -0.25) is 9.59 Å². The molecule has 0 spiro atoms. The molecule has 0 saturated carbocycles. The molecule has 1 aromatic heterocycles. The van der Waals surface area contributed by atoms with Crippen LogP contribution in [0.15, 0.2) is 42.5 Å². The lowest BCUT2D eigenvalue weighted by Crippen LogP contribution is -2.31. The predicted molar refractivity (Wildman–Crippen MR) is 89.9 cm³/mol. The molecule has 1 aliphatic rings. The van der Waals surface area contributed by atoms with Crippen LogP contribution in [-0.4, -0.2) is 40.9 Å². The molecule has 2 aromatic rings. The van der Waals surface area contributed by atoms with E-state index in [0.717, 1.165) is 0 Å². The Bertz CT molecular complexity index is 797. The number of carbonyl (C=O) groups is 2. The largest absolute Gasteiger partial charge is 0.472 e. The van der Waals surface area contributed by atoms with Gasteiger partial charge in [0.2, 0.25) is 17.7 Å². The van der Waals surface area contributed by atoms with Crippen molar-refractivity contribution in [3.05, 3.63) is 54.0 Å². The van der Waals surface area contributed by atoms with E-state index >= 15 is 0 Å². The van der Waals surface area contributed by atoms with Crippen molar-refractivity contribution in [3.63, 3.8) is 0 Å². The maximum absolute atomic E-state index is 13.1. The van der Waals surface area contributed by atoms with Crippen molar-refractivity contribution >= 4 is 17.5 Å². The number of nitrogens with zero attached hydrogens (tertiary/aromatic N) is 2. The van der Waals surface area contributed by atoms with E-state index in [4.69, 9.17) is 4.74 Å². The molecule has 1 atom stereocenters. The molecule has 0 aliphatic carbocycles. The molecule has 1 aromatic carbocycles. The van der Waals surface area contributed by atoms with E-state index in [2.05, 4.69) is 10.3 Å². The van der Waals surface area contributed by atoms with E-state index in [1.165, 1.54) is 19.1 Å². The van der Waals surface area contributed by atoms with Gasteiger partial charge in [0.1, 0.15) is 6.10 Å². The van der Waals surface area contributed by atoms with Crippen molar-refractivity contribution < 1.29 is 18.7 Å². The topological polar surface area (TPSA) is 71.5 Å². The second-order valence-electron chi connectivity index (χ2n) is 5.84. The summed E-state index contributed by atoms with van der Waals surface area (Å²) in [5, 5.41) is 2.66. The van der Waals surface area contributed by atoms with Crippen LogP contribution in [0, 0.1) is 5.95 Å². The van der Waals surface area contributed by atoms with Gasteiger partial charge in [0, 0.05) is 37.2 Å². The van der Waals surface area contributed by atoms with Crippen LogP contribution in [0.4, 0.5) is 10.1 Å². The number of nitrogens with one attached hydrogen (secondary N) is 1. The highest BCUT2D eigenvalue weighted by atomic mass is 19.1. The average molecular weight is 343 g/mol. The Morgan fingerprint density at radius 3 is 2.84 bits per heavy atom. The zero-order valence-electron chi connectivity index (χ0n) is 13.7. The lowest BCUT2D eigenvalue weighted by atomic mass is 10.1. The van der Waals surface area contributed by atoms with E-state index < -0.39 is 5.95 Å². The second-order valence-corrected chi connectivity index (χ2v) is 5.84. The normalized spacial score (nSPS) is 16.6. The third kappa shape index (κ3) is 4.32. The lowest BCUT2D eigenvalue weighted by Gasteiger charge is -2.17. The molecule has 6 nitrogen and oxygen atoms in total. The number of halogens is 1. The summed E-state index contributed by atoms with van der Waals surface area (Å²) in [5.74, 6) is -0.711. The summed E-state index contributed by atoms with van der Waals surface area (Å²) in [6, 6.07) is 11.2. The van der Waals surface area contributed by atoms with Gasteiger partial charge in [-0.2, -0.15) is 9.37 Å². The number of likely N-dealkylation sites (tertiary alicyclic amines) is 1. The van der Waals surface area contributed by atoms with Gasteiger partial charge in [0.05, 0.1) is 6.54 Å². The number of pyridine rings is 1. The summed E-state index contributed by atoms with van der Waals surface area (Å²) in [6.45, 7) is 2.36. The molecule has 1 N–H and O–H groups in total. The number of carbonyl (C=O) groups excluding carboxylic acids is 2. The Balaban J connectivity index is 1.63. The zero-order valence-corrected chi connectivity index (χ0v) is 13.7. The fourth-order valence-electron chi connectivity index (χ4n) is 2.75. The molecule has 130 valence electrons. The van der Waals surface area contributed by atoms with E-state index in [-0.39, 0.29) is 23.8 Å². The first-order chi connectivity index (χ1) is 12.0. The van der Waals surface area contributed by atoms with Gasteiger partial charge in [-0.15, -0.1) is 0 Å². The molecule has 0 radical (unpaired) electrons. The number of aromatic nitrogens is 1. The summed E-state index contributed by atoms with van der Waals surface area (Å²) in [4.78, 5) is 29.1. The van der Waals surface area contributed by atoms with Crippen molar-refractivity contribution in [2.45, 2.75) is 19.4 Å². The van der Waals surface area contributed by atoms with Crippen molar-refractivity contribution in [1.82, 2.24) is 9.88 Å². The standard InChI is InChI=1S/C18H18FN3O3/c1-12(23)20-14-5-2-4-13(10-14)18(24)22-9-8-15(11-22)25-17-7-3-6-16(19)21-17/h2-7,10,15H,8-9,11H2,1H3,(H,20,23). The van der Waals surface area contributed by atoms with Crippen molar-refractivity contribution in [2.24, 2.45) is 0 Å². The Hall–Kier alpha value is -2.96. The smallest absolute Gasteiger partial charge is 0.254 e. The molecule has 1 aliphatic heterocycles. The first-order valence-corrected chi connectivity index (χ1v) is 7.97. The molecule has 7 heteroatoms. The van der Waals surface area contributed by atoms with Crippen LogP contribution in [0.2, 0.25) is 0 Å². The highest BCUT2D eigenvalue weighted by molar-refractivity contribution is 5.97. The summed E-state index contributed by atoms with van der Waals surface area (Å²) >= 11 is 0. The molecule has 1 saturated heterocycles. The Morgan fingerprint density at radius 1 is 1.28 bits per heavy atom. The number of anilines is 1. The second kappa shape index (κ2) is 7.29. The lowest BCUT2D eigenvalue weighted by molar-refractivity contribution is -0.114. The predicted octanol–water partition coefficient (Wildman–Crippen LogP) is 2.47. The highest BCUT2D eigenvalue weighted by Crippen LogP contribution is 2.20. The van der Waals surface area contributed by atoms with Gasteiger partial charge in [0.15, 0.2) is 0 Å². The average Bonchev–Trinajstić information content (AvgIpc) is 3.02. The molecular formula is C18H18FN3O3. The minimum atomic E-state index is -0.599. The summed E-state index contributed by atoms with van der Waals surface area (Å²) in [5.41, 5.74) is 1.07. The monoisotopic (exact) mass is 343 g/mol. The van der Waals surface area contributed by atoms with Gasteiger partial charge in [-0.05, 0) is 24.3 Å². The van der Waals surface area contributed by atoms with Gasteiger partial charge >= 0.3 is 0 Å². The number of ether oxygens (including phenoxy) is 1. The first-order valence-electron chi connectivity index (χ1n) is 7.97. The van der Waals surface area contributed by atoms with E-state index in [1.54, 1.807) is 35.2 Å². The van der Waals surface area contributed by atoms with E-state index in [9.17, 15) is 14.0 Å². The summed E-state index contributed by atoms with van der Waals surface area (Å²) in [6.07, 6.45) is 0.423. The SMILES string of the molecule is CC(=O)Nc1cccc(C(=O)N2CCC(Oc3cccc(F)n3)C2)c1. The molecule has 2 heterocycles.